The molecule has 0 bridgehead atoms. The molecule has 0 saturated carbocycles. The summed E-state index contributed by atoms with van der Waals surface area (Å²) in [6.45, 7) is 2.50. The smallest absolute Gasteiger partial charge is 0.138 e. The quantitative estimate of drug-likeness (QED) is 0.744. The summed E-state index contributed by atoms with van der Waals surface area (Å²) in [7, 11) is 1.65. The average Bonchev–Trinajstić information content (AvgIpc) is 2.09. The first-order valence-electron chi connectivity index (χ1n) is 4.14. The van der Waals surface area contributed by atoms with E-state index in [0.717, 1.165) is 0 Å². The van der Waals surface area contributed by atoms with Gasteiger partial charge in [0.2, 0.25) is 0 Å². The van der Waals surface area contributed by atoms with Crippen LogP contribution in [0.2, 0.25) is 5.02 Å². The van der Waals surface area contributed by atoms with Gasteiger partial charge in [-0.15, -0.1) is 0 Å². The zero-order valence-electron chi connectivity index (χ0n) is 7.79. The van der Waals surface area contributed by atoms with E-state index in [1.807, 2.05) is 25.1 Å². The highest BCUT2D eigenvalue weighted by molar-refractivity contribution is 6.32. The highest BCUT2D eigenvalue weighted by Gasteiger charge is 2.05. The second-order valence-corrected chi connectivity index (χ2v) is 3.22. The third-order valence-electron chi connectivity index (χ3n) is 1.57. The molecule has 1 atom stereocenters. The lowest BCUT2D eigenvalue weighted by molar-refractivity contribution is 0.0921. The molecular formula is C10H13ClO2. The fourth-order valence-electron chi connectivity index (χ4n) is 1.03. The van der Waals surface area contributed by atoms with Crippen LogP contribution in [0.4, 0.5) is 0 Å². The van der Waals surface area contributed by atoms with Gasteiger partial charge in [0.05, 0.1) is 11.6 Å². The average molecular weight is 201 g/mol. The zero-order valence-corrected chi connectivity index (χ0v) is 8.54. The summed E-state index contributed by atoms with van der Waals surface area (Å²) >= 11 is 5.90. The Morgan fingerprint density at radius 1 is 1.38 bits per heavy atom. The van der Waals surface area contributed by atoms with E-state index in [1.54, 1.807) is 13.2 Å². The molecule has 0 N–H and O–H groups in total. The summed E-state index contributed by atoms with van der Waals surface area (Å²) < 4.78 is 10.5. The molecule has 1 aromatic rings. The van der Waals surface area contributed by atoms with Crippen LogP contribution in [-0.2, 0) is 4.74 Å². The second-order valence-electron chi connectivity index (χ2n) is 2.81. The number of rotatable bonds is 4. The molecule has 1 aromatic carbocycles. The highest BCUT2D eigenvalue weighted by atomic mass is 35.5. The van der Waals surface area contributed by atoms with Gasteiger partial charge in [-0.1, -0.05) is 23.7 Å². The van der Waals surface area contributed by atoms with Gasteiger partial charge in [-0.25, -0.2) is 0 Å². The molecule has 1 rings (SSSR count). The summed E-state index contributed by atoms with van der Waals surface area (Å²) in [5.41, 5.74) is 0. The van der Waals surface area contributed by atoms with Gasteiger partial charge in [0.1, 0.15) is 11.9 Å². The molecule has 0 fully saturated rings. The molecule has 0 aliphatic rings. The van der Waals surface area contributed by atoms with Gasteiger partial charge in [-0.05, 0) is 19.1 Å². The van der Waals surface area contributed by atoms with Crippen LogP contribution in [0.3, 0.4) is 0 Å². The van der Waals surface area contributed by atoms with E-state index in [4.69, 9.17) is 21.1 Å². The highest BCUT2D eigenvalue weighted by Crippen LogP contribution is 2.24. The van der Waals surface area contributed by atoms with Crippen molar-refractivity contribution in [2.24, 2.45) is 0 Å². The van der Waals surface area contributed by atoms with Gasteiger partial charge in [-0.3, -0.25) is 0 Å². The molecule has 0 spiro atoms. The summed E-state index contributed by atoms with van der Waals surface area (Å²) in [6, 6.07) is 7.40. The molecule has 1 unspecified atom stereocenters. The first-order valence-corrected chi connectivity index (χ1v) is 4.52. The predicted octanol–water partition coefficient (Wildman–Crippen LogP) is 2.75. The molecular weight excluding hydrogens is 188 g/mol. The van der Waals surface area contributed by atoms with Crippen molar-refractivity contribution in [3.8, 4) is 5.75 Å². The minimum absolute atomic E-state index is 0.0184. The zero-order chi connectivity index (χ0) is 9.68. The van der Waals surface area contributed by atoms with Crippen LogP contribution >= 0.6 is 11.6 Å². The Bertz CT molecular complexity index is 263. The third-order valence-corrected chi connectivity index (χ3v) is 1.88. The van der Waals surface area contributed by atoms with Crippen molar-refractivity contribution >= 4 is 11.6 Å². The summed E-state index contributed by atoms with van der Waals surface area (Å²) in [4.78, 5) is 0. The van der Waals surface area contributed by atoms with Gasteiger partial charge in [0, 0.05) is 7.11 Å². The summed E-state index contributed by atoms with van der Waals surface area (Å²) in [6.07, 6.45) is 0.0184. The predicted molar refractivity (Wildman–Crippen MR) is 53.4 cm³/mol. The van der Waals surface area contributed by atoms with E-state index in [2.05, 4.69) is 0 Å². The number of methoxy groups -OCH3 is 1. The number of hydrogen-bond acceptors (Lipinski definition) is 2. The van der Waals surface area contributed by atoms with E-state index in [-0.39, 0.29) is 6.10 Å². The van der Waals surface area contributed by atoms with Crippen LogP contribution < -0.4 is 4.74 Å². The van der Waals surface area contributed by atoms with Gasteiger partial charge < -0.3 is 9.47 Å². The van der Waals surface area contributed by atoms with Crippen molar-refractivity contribution in [3.63, 3.8) is 0 Å². The van der Waals surface area contributed by atoms with Gasteiger partial charge >= 0.3 is 0 Å². The third kappa shape index (κ3) is 3.25. The largest absolute Gasteiger partial charge is 0.487 e. The van der Waals surface area contributed by atoms with Crippen LogP contribution in [0.25, 0.3) is 0 Å². The van der Waals surface area contributed by atoms with Crippen molar-refractivity contribution in [1.29, 1.82) is 0 Å². The van der Waals surface area contributed by atoms with Crippen LogP contribution in [0, 0.1) is 0 Å². The maximum absolute atomic E-state index is 5.90. The molecule has 0 radical (unpaired) electrons. The molecule has 3 heteroatoms. The molecule has 0 amide bonds. The number of para-hydroxylation sites is 1. The molecule has 0 heterocycles. The summed E-state index contributed by atoms with van der Waals surface area (Å²) in [5, 5.41) is 0.630. The Balaban J connectivity index is 2.58. The Hall–Kier alpha value is -0.730. The van der Waals surface area contributed by atoms with Crippen molar-refractivity contribution < 1.29 is 9.47 Å². The first-order chi connectivity index (χ1) is 6.24. The minimum Gasteiger partial charge on any atom is -0.487 e. The summed E-state index contributed by atoms with van der Waals surface area (Å²) in [5.74, 6) is 0.703. The van der Waals surface area contributed by atoms with Crippen LogP contribution in [0.1, 0.15) is 6.92 Å². The monoisotopic (exact) mass is 200 g/mol. The van der Waals surface area contributed by atoms with Crippen molar-refractivity contribution in [2.75, 3.05) is 13.7 Å². The number of ether oxygens (including phenoxy) is 2. The molecule has 0 aliphatic heterocycles. The van der Waals surface area contributed by atoms with E-state index in [0.29, 0.717) is 17.4 Å². The van der Waals surface area contributed by atoms with E-state index in [1.165, 1.54) is 0 Å². The first kappa shape index (κ1) is 10.4. The molecule has 13 heavy (non-hydrogen) atoms. The number of halogens is 1. The minimum atomic E-state index is 0.0184. The molecule has 0 aromatic heterocycles. The lowest BCUT2D eigenvalue weighted by atomic mass is 10.3. The lowest BCUT2D eigenvalue weighted by Gasteiger charge is -2.14. The second kappa shape index (κ2) is 5.10. The van der Waals surface area contributed by atoms with E-state index < -0.39 is 0 Å². The SMILES string of the molecule is COCC(C)Oc1ccccc1Cl. The van der Waals surface area contributed by atoms with E-state index in [9.17, 15) is 0 Å². The molecule has 0 saturated heterocycles. The van der Waals surface area contributed by atoms with E-state index >= 15 is 0 Å². The molecule has 72 valence electrons. The van der Waals surface area contributed by atoms with Crippen LogP contribution in [-0.4, -0.2) is 19.8 Å². The Morgan fingerprint density at radius 3 is 2.69 bits per heavy atom. The number of hydrogen-bond donors (Lipinski definition) is 0. The lowest BCUT2D eigenvalue weighted by Crippen LogP contribution is -2.17. The van der Waals surface area contributed by atoms with Gasteiger partial charge in [0.25, 0.3) is 0 Å². The van der Waals surface area contributed by atoms with Crippen molar-refractivity contribution in [2.45, 2.75) is 13.0 Å². The van der Waals surface area contributed by atoms with Crippen LogP contribution in [0.15, 0.2) is 24.3 Å². The normalized spacial score (nSPS) is 12.5. The fourth-order valence-corrected chi connectivity index (χ4v) is 1.21. The maximum atomic E-state index is 5.90. The topological polar surface area (TPSA) is 18.5 Å². The standard InChI is InChI=1S/C10H13ClO2/c1-8(7-12-2)13-10-6-4-3-5-9(10)11/h3-6,8H,7H2,1-2H3. The Morgan fingerprint density at radius 2 is 2.08 bits per heavy atom. The van der Waals surface area contributed by atoms with Crippen LogP contribution in [0.5, 0.6) is 5.75 Å². The maximum Gasteiger partial charge on any atom is 0.138 e. The number of benzene rings is 1. The molecule has 0 aliphatic carbocycles. The van der Waals surface area contributed by atoms with Crippen molar-refractivity contribution in [3.05, 3.63) is 29.3 Å². The van der Waals surface area contributed by atoms with Gasteiger partial charge in [-0.2, -0.15) is 0 Å². The van der Waals surface area contributed by atoms with Crippen molar-refractivity contribution in [1.82, 2.24) is 0 Å². The van der Waals surface area contributed by atoms with Gasteiger partial charge in [0.15, 0.2) is 0 Å². The Kier molecular flexibility index (Phi) is 4.06. The molecule has 2 nitrogen and oxygen atoms in total. The fraction of sp³-hybridized carbons (Fsp3) is 0.400. The Labute approximate surface area is 83.4 Å².